The fourth-order valence-corrected chi connectivity index (χ4v) is 0. The molecule has 0 aromatic rings. The second-order valence-electron chi connectivity index (χ2n) is 0.217. The Labute approximate surface area is 24.3 Å². The Morgan fingerprint density at radius 1 is 1.50 bits per heavy atom. The summed E-state index contributed by atoms with van der Waals surface area (Å²) in [5.74, 6) is 0. The highest BCUT2D eigenvalue weighted by Gasteiger charge is 1.53. The lowest BCUT2D eigenvalue weighted by Crippen LogP contribution is -1.39. The summed E-state index contributed by atoms with van der Waals surface area (Å²) in [5, 5.41) is 0. The summed E-state index contributed by atoms with van der Waals surface area (Å²) in [4.78, 5) is 0. The minimum Gasteiger partial charge on any atom is -0.151 e. The molecule has 0 aliphatic heterocycles. The van der Waals surface area contributed by atoms with Gasteiger partial charge in [-0.1, -0.05) is 8.42 Å². The second kappa shape index (κ2) is 1.00. The molecule has 4 heteroatoms. The number of hydrogen-bond acceptors (Lipinski definition) is 2. The van der Waals surface area contributed by atoms with Crippen LogP contribution in [-0.2, 0) is 10.6 Å². The first-order chi connectivity index (χ1) is 1.73. The molecule has 0 saturated carbocycles. The third-order valence-corrected chi connectivity index (χ3v) is 0. The van der Waals surface area contributed by atoms with Gasteiger partial charge in [-0.15, -0.1) is 0 Å². The monoisotopic (exact) mass is 81.0 g/mol. The Kier molecular flexibility index (Phi) is 0.907. The molecule has 4 heavy (non-hydrogen) atoms. The average Bonchev–Trinajstić information content (AvgIpc) is 0.811. The van der Waals surface area contributed by atoms with Crippen molar-refractivity contribution < 1.29 is 12.6 Å². The zero-order valence-electron chi connectivity index (χ0n) is 1.67. The highest BCUT2D eigenvalue weighted by molar-refractivity contribution is 7.59. The smallest absolute Gasteiger partial charge is 0.151 e. The van der Waals surface area contributed by atoms with Gasteiger partial charge in [0.1, 0.15) is 0 Å². The van der Waals surface area contributed by atoms with Gasteiger partial charge < -0.3 is 0 Å². The molecular weight excluding hydrogens is 80.1 g/mol. The first-order valence-electron chi connectivity index (χ1n) is 0.516. The van der Waals surface area contributed by atoms with E-state index < -0.39 is 10.6 Å². The van der Waals surface area contributed by atoms with Crippen LogP contribution in [0.2, 0.25) is 0 Å². The molecule has 0 heterocycles. The van der Waals surface area contributed by atoms with Gasteiger partial charge >= 0.3 is 10.6 Å². The molecule has 0 rings (SSSR count). The van der Waals surface area contributed by atoms with Crippen LogP contribution < -0.4 is 0 Å². The van der Waals surface area contributed by atoms with E-state index >= 15 is 0 Å². The summed E-state index contributed by atoms with van der Waals surface area (Å²) < 4.78 is 24.1. The van der Waals surface area contributed by atoms with Gasteiger partial charge in [-0.2, -0.15) is 4.21 Å². The molecule has 0 radical (unpaired) electrons. The summed E-state index contributed by atoms with van der Waals surface area (Å²) in [6, 6.07) is 0. The first-order valence-corrected chi connectivity index (χ1v) is 1.55. The highest BCUT2D eigenvalue weighted by Crippen LogP contribution is 1.08. The minimum atomic E-state index is -2.86. The van der Waals surface area contributed by atoms with E-state index in [0.29, 0.717) is 0 Å². The lowest BCUT2D eigenvalue weighted by atomic mass is 15.9. The molecular formula is HO3S+. The van der Waals surface area contributed by atoms with Gasteiger partial charge in [0.25, 0.3) is 0 Å². The van der Waals surface area contributed by atoms with E-state index in [2.05, 4.69) is 0 Å². The zero-order chi connectivity index (χ0) is 3.58. The van der Waals surface area contributed by atoms with Crippen LogP contribution in [0.5, 0.6) is 0 Å². The predicted octanol–water partition coefficient (Wildman–Crippen LogP) is -0.847. The van der Waals surface area contributed by atoms with E-state index in [1.54, 1.807) is 0 Å². The molecule has 0 atom stereocenters. The SMILES string of the molecule is O=S(=O)=[OH+]. The molecule has 0 bridgehead atoms. The van der Waals surface area contributed by atoms with Crippen LogP contribution in [0.4, 0.5) is 0 Å². The second-order valence-corrected chi connectivity index (χ2v) is 0.651. The van der Waals surface area contributed by atoms with Crippen molar-refractivity contribution in [1.82, 2.24) is 0 Å². The standard InChI is InChI=1S/O3S/c1-4(2)3/p+1. The van der Waals surface area contributed by atoms with Crippen LogP contribution in [0, 0.1) is 0 Å². The maximum absolute atomic E-state index is 8.56. The third kappa shape index (κ3) is 4.31. The van der Waals surface area contributed by atoms with Crippen LogP contribution in [0.1, 0.15) is 0 Å². The Morgan fingerprint density at radius 3 is 1.50 bits per heavy atom. The minimum absolute atomic E-state index is 2.86. The van der Waals surface area contributed by atoms with Crippen molar-refractivity contribution in [1.29, 1.82) is 0 Å². The third-order valence-electron chi connectivity index (χ3n) is 0. The van der Waals surface area contributed by atoms with E-state index in [1.165, 1.54) is 0 Å². The summed E-state index contributed by atoms with van der Waals surface area (Å²) in [6.45, 7) is 0. The van der Waals surface area contributed by atoms with Crippen molar-refractivity contribution in [2.75, 3.05) is 0 Å². The molecule has 0 aromatic heterocycles. The van der Waals surface area contributed by atoms with Crippen LogP contribution in [-0.4, -0.2) is 12.6 Å². The Bertz CT molecular complexity index is 72.7. The maximum atomic E-state index is 8.56. The normalized spacial score (nSPS) is 6.00. The molecule has 0 aromatic carbocycles. The Balaban J connectivity index is 4.65. The van der Waals surface area contributed by atoms with Crippen molar-refractivity contribution in [2.45, 2.75) is 0 Å². The molecule has 24 valence electrons. The van der Waals surface area contributed by atoms with Gasteiger partial charge in [0.2, 0.25) is 0 Å². The zero-order valence-corrected chi connectivity index (χ0v) is 2.49. The van der Waals surface area contributed by atoms with E-state index in [0.717, 1.165) is 0 Å². The summed E-state index contributed by atoms with van der Waals surface area (Å²) in [7, 11) is -2.86. The van der Waals surface area contributed by atoms with Crippen LogP contribution in [0.15, 0.2) is 0 Å². The number of hydrogen-bond donors (Lipinski definition) is 0. The lowest BCUT2D eigenvalue weighted by molar-refractivity contribution is 0.572. The van der Waals surface area contributed by atoms with Gasteiger partial charge in [-0.3, -0.25) is 0 Å². The first kappa shape index (κ1) is 3.62. The largest absolute Gasteiger partial charge is 0.623 e. The fraction of sp³-hybridized carbons (Fsp3) is 0. The van der Waals surface area contributed by atoms with Crippen LogP contribution >= 0.6 is 0 Å². The van der Waals surface area contributed by atoms with Gasteiger partial charge in [-0.05, 0) is 0 Å². The van der Waals surface area contributed by atoms with Gasteiger partial charge in [-0.25, -0.2) is 0 Å². The molecule has 0 aliphatic rings. The van der Waals surface area contributed by atoms with Gasteiger partial charge in [0, 0.05) is 0 Å². The molecule has 0 fully saturated rings. The lowest BCUT2D eigenvalue weighted by Gasteiger charge is -1.02. The van der Waals surface area contributed by atoms with E-state index in [9.17, 15) is 0 Å². The molecule has 0 unspecified atom stereocenters. The molecule has 3 nitrogen and oxygen atoms in total. The topological polar surface area (TPSA) is 55.5 Å². The van der Waals surface area contributed by atoms with Gasteiger partial charge in [0.15, 0.2) is 0 Å². The van der Waals surface area contributed by atoms with Gasteiger partial charge in [0.05, 0.1) is 0 Å². The Morgan fingerprint density at radius 2 is 1.50 bits per heavy atom. The summed E-state index contributed by atoms with van der Waals surface area (Å²) >= 11 is 0. The van der Waals surface area contributed by atoms with E-state index in [-0.39, 0.29) is 0 Å². The molecule has 1 N–H and O–H groups in total. The maximum Gasteiger partial charge on any atom is 0.623 e. The van der Waals surface area contributed by atoms with Crippen molar-refractivity contribution >= 4 is 10.6 Å². The quantitative estimate of drug-likeness (QED) is 0.357. The van der Waals surface area contributed by atoms with Crippen molar-refractivity contribution in [3.05, 3.63) is 0 Å². The summed E-state index contributed by atoms with van der Waals surface area (Å²) in [5.41, 5.74) is 0. The van der Waals surface area contributed by atoms with Crippen LogP contribution in [0.25, 0.3) is 0 Å². The molecule has 0 aliphatic carbocycles. The van der Waals surface area contributed by atoms with Crippen molar-refractivity contribution in [3.63, 3.8) is 0 Å². The predicted molar refractivity (Wildman–Crippen MR) is 10.9 cm³/mol. The van der Waals surface area contributed by atoms with Crippen molar-refractivity contribution in [2.24, 2.45) is 0 Å². The van der Waals surface area contributed by atoms with E-state index in [4.69, 9.17) is 12.6 Å². The van der Waals surface area contributed by atoms with Crippen molar-refractivity contribution in [3.8, 4) is 0 Å². The Hall–Kier alpha value is -0.380. The number of rotatable bonds is 0. The molecule has 0 spiro atoms. The van der Waals surface area contributed by atoms with Crippen LogP contribution in [0.3, 0.4) is 0 Å². The molecule has 0 amide bonds. The average molecular weight is 81.1 g/mol. The van der Waals surface area contributed by atoms with E-state index in [1.807, 2.05) is 0 Å². The molecule has 0 saturated heterocycles. The fourth-order valence-electron chi connectivity index (χ4n) is 0. The highest BCUT2D eigenvalue weighted by atomic mass is 32.2. The summed E-state index contributed by atoms with van der Waals surface area (Å²) in [6.07, 6.45) is 0.